The van der Waals surface area contributed by atoms with E-state index < -0.39 is 0 Å². The van der Waals surface area contributed by atoms with Gasteiger partial charge in [0.25, 0.3) is 0 Å². The van der Waals surface area contributed by atoms with E-state index in [1.807, 2.05) is 15.7 Å². The largest absolute Gasteiger partial charge is 0.268 e. The van der Waals surface area contributed by atoms with Crippen LogP contribution in [0.5, 0.6) is 0 Å². The molecule has 0 saturated carbocycles. The molecule has 0 aromatic carbocycles. The van der Waals surface area contributed by atoms with Crippen molar-refractivity contribution in [3.05, 3.63) is 22.6 Å². The van der Waals surface area contributed by atoms with E-state index in [-0.39, 0.29) is 0 Å². The predicted octanol–water partition coefficient (Wildman–Crippen LogP) is 3.20. The zero-order chi connectivity index (χ0) is 13.0. The molecule has 0 amide bonds. The smallest absolute Gasteiger partial charge is 0.172 e. The molecule has 3 aromatic rings. The standard InChI is InChI=1S/C13H13ClN4S/c1-7-2-3-8-9(4-7)19-13-11(8)12-17-16-10(5-14)18(12)6-15-13/h6-7H,2-5H2,1H3/t7-/m0/s1. The molecule has 4 nitrogen and oxygen atoms in total. The third-order valence-corrected chi connectivity index (χ3v) is 5.29. The topological polar surface area (TPSA) is 43.1 Å². The first-order valence-corrected chi connectivity index (χ1v) is 7.82. The predicted molar refractivity (Wildman–Crippen MR) is 76.9 cm³/mol. The summed E-state index contributed by atoms with van der Waals surface area (Å²) in [5, 5.41) is 9.66. The monoisotopic (exact) mass is 292 g/mol. The van der Waals surface area contributed by atoms with Gasteiger partial charge < -0.3 is 0 Å². The molecule has 0 aliphatic heterocycles. The minimum atomic E-state index is 0.359. The first kappa shape index (κ1) is 11.6. The van der Waals surface area contributed by atoms with Gasteiger partial charge in [0.2, 0.25) is 0 Å². The fourth-order valence-corrected chi connectivity index (χ4v) is 4.40. The molecule has 1 atom stereocenters. The van der Waals surface area contributed by atoms with Gasteiger partial charge >= 0.3 is 0 Å². The number of alkyl halides is 1. The summed E-state index contributed by atoms with van der Waals surface area (Å²) in [6, 6.07) is 0. The van der Waals surface area contributed by atoms with E-state index in [1.54, 1.807) is 6.33 Å². The van der Waals surface area contributed by atoms with Crippen LogP contribution in [0.4, 0.5) is 0 Å². The summed E-state index contributed by atoms with van der Waals surface area (Å²) in [6.07, 6.45) is 5.33. The van der Waals surface area contributed by atoms with E-state index in [4.69, 9.17) is 11.6 Å². The Labute approximate surface area is 119 Å². The lowest BCUT2D eigenvalue weighted by molar-refractivity contribution is 0.509. The summed E-state index contributed by atoms with van der Waals surface area (Å²) < 4.78 is 1.92. The van der Waals surface area contributed by atoms with Crippen molar-refractivity contribution in [3.63, 3.8) is 0 Å². The van der Waals surface area contributed by atoms with Gasteiger partial charge in [0.1, 0.15) is 11.2 Å². The Morgan fingerprint density at radius 2 is 2.37 bits per heavy atom. The summed E-state index contributed by atoms with van der Waals surface area (Å²) >= 11 is 7.70. The van der Waals surface area contributed by atoms with Gasteiger partial charge in [0.05, 0.1) is 11.3 Å². The number of hydrogen-bond acceptors (Lipinski definition) is 4. The van der Waals surface area contributed by atoms with Crippen molar-refractivity contribution in [3.8, 4) is 0 Å². The molecule has 0 saturated heterocycles. The number of nitrogens with zero attached hydrogens (tertiary/aromatic N) is 4. The van der Waals surface area contributed by atoms with E-state index in [9.17, 15) is 0 Å². The van der Waals surface area contributed by atoms with Crippen LogP contribution in [0.25, 0.3) is 15.9 Å². The first-order chi connectivity index (χ1) is 9.28. The van der Waals surface area contributed by atoms with Crippen LogP contribution in [0, 0.1) is 5.92 Å². The van der Waals surface area contributed by atoms with Gasteiger partial charge in [-0.05, 0) is 30.7 Å². The average molecular weight is 293 g/mol. The van der Waals surface area contributed by atoms with Crippen molar-refractivity contribution >= 4 is 38.8 Å². The normalized spacial score (nSPS) is 19.2. The fourth-order valence-electron chi connectivity index (χ4n) is 2.87. The van der Waals surface area contributed by atoms with Crippen molar-refractivity contribution in [2.24, 2.45) is 5.92 Å². The molecular weight excluding hydrogens is 280 g/mol. The lowest BCUT2D eigenvalue weighted by atomic mass is 9.89. The lowest BCUT2D eigenvalue weighted by Crippen LogP contribution is -2.08. The minimum absolute atomic E-state index is 0.359. The summed E-state index contributed by atoms with van der Waals surface area (Å²) in [6.45, 7) is 2.32. The summed E-state index contributed by atoms with van der Waals surface area (Å²) in [7, 11) is 0. The number of fused-ring (bicyclic) bond motifs is 5. The fraction of sp³-hybridized carbons (Fsp3) is 0.462. The van der Waals surface area contributed by atoms with E-state index in [0.717, 1.165) is 28.6 Å². The van der Waals surface area contributed by atoms with Crippen molar-refractivity contribution in [1.29, 1.82) is 0 Å². The molecule has 0 bridgehead atoms. The van der Waals surface area contributed by atoms with Crippen LogP contribution in [0.3, 0.4) is 0 Å². The maximum Gasteiger partial charge on any atom is 0.172 e. The molecule has 0 spiro atoms. The Kier molecular flexibility index (Phi) is 2.53. The Balaban J connectivity index is 2.07. The SMILES string of the molecule is C[C@H]1CCc2c(sc3ncn4c(CCl)nnc4c23)C1. The molecule has 0 radical (unpaired) electrons. The van der Waals surface area contributed by atoms with Gasteiger partial charge in [0.15, 0.2) is 11.5 Å². The zero-order valence-electron chi connectivity index (χ0n) is 10.6. The second kappa shape index (κ2) is 4.15. The van der Waals surface area contributed by atoms with Gasteiger partial charge in [0, 0.05) is 4.88 Å². The molecule has 1 aliphatic carbocycles. The number of rotatable bonds is 1. The van der Waals surface area contributed by atoms with Crippen molar-refractivity contribution in [2.45, 2.75) is 32.1 Å². The minimum Gasteiger partial charge on any atom is -0.268 e. The maximum atomic E-state index is 5.89. The molecule has 0 N–H and O–H groups in total. The number of hydrogen-bond donors (Lipinski definition) is 0. The van der Waals surface area contributed by atoms with Gasteiger partial charge in [-0.3, -0.25) is 4.40 Å². The zero-order valence-corrected chi connectivity index (χ0v) is 12.1. The van der Waals surface area contributed by atoms with Crippen LogP contribution in [0.1, 0.15) is 29.6 Å². The molecule has 0 fully saturated rings. The van der Waals surface area contributed by atoms with Crippen LogP contribution in [-0.2, 0) is 18.7 Å². The highest BCUT2D eigenvalue weighted by Gasteiger charge is 2.23. The molecule has 1 aliphatic rings. The van der Waals surface area contributed by atoms with Crippen LogP contribution < -0.4 is 0 Å². The molecule has 3 aromatic heterocycles. The van der Waals surface area contributed by atoms with Gasteiger partial charge in [-0.15, -0.1) is 33.1 Å². The molecule has 98 valence electrons. The van der Waals surface area contributed by atoms with Crippen LogP contribution in [0.2, 0.25) is 0 Å². The van der Waals surface area contributed by atoms with Crippen LogP contribution in [0.15, 0.2) is 6.33 Å². The van der Waals surface area contributed by atoms with Crippen molar-refractivity contribution < 1.29 is 0 Å². The first-order valence-electron chi connectivity index (χ1n) is 6.46. The third-order valence-electron chi connectivity index (χ3n) is 3.89. The third kappa shape index (κ3) is 1.61. The van der Waals surface area contributed by atoms with Crippen LogP contribution >= 0.6 is 22.9 Å². The molecule has 4 rings (SSSR count). The molecule has 6 heteroatoms. The van der Waals surface area contributed by atoms with Crippen molar-refractivity contribution in [2.75, 3.05) is 0 Å². The number of thiophene rings is 1. The van der Waals surface area contributed by atoms with Gasteiger partial charge in [-0.25, -0.2) is 4.98 Å². The molecule has 19 heavy (non-hydrogen) atoms. The van der Waals surface area contributed by atoms with E-state index >= 15 is 0 Å². The number of aromatic nitrogens is 4. The lowest BCUT2D eigenvalue weighted by Gasteiger charge is -2.17. The average Bonchev–Trinajstić information content (AvgIpc) is 2.97. The Morgan fingerprint density at radius 3 is 3.21 bits per heavy atom. The summed E-state index contributed by atoms with van der Waals surface area (Å²) in [5.41, 5.74) is 2.34. The van der Waals surface area contributed by atoms with Crippen molar-refractivity contribution in [1.82, 2.24) is 19.6 Å². The highest BCUT2D eigenvalue weighted by atomic mass is 35.5. The quantitative estimate of drug-likeness (QED) is 0.647. The van der Waals surface area contributed by atoms with E-state index in [0.29, 0.717) is 5.88 Å². The van der Waals surface area contributed by atoms with Gasteiger partial charge in [-0.1, -0.05) is 6.92 Å². The number of halogens is 1. The highest BCUT2D eigenvalue weighted by molar-refractivity contribution is 7.19. The highest BCUT2D eigenvalue weighted by Crippen LogP contribution is 2.38. The van der Waals surface area contributed by atoms with E-state index in [2.05, 4.69) is 22.1 Å². The Hall–Kier alpha value is -1.20. The Morgan fingerprint density at radius 1 is 1.47 bits per heavy atom. The summed E-state index contributed by atoms with van der Waals surface area (Å²) in [5.74, 6) is 1.89. The maximum absolute atomic E-state index is 5.89. The number of aryl methyl sites for hydroxylation is 1. The second-order valence-electron chi connectivity index (χ2n) is 5.22. The van der Waals surface area contributed by atoms with E-state index in [1.165, 1.54) is 28.7 Å². The second-order valence-corrected chi connectivity index (χ2v) is 6.57. The molecule has 3 heterocycles. The molecule has 0 unspecified atom stereocenters. The van der Waals surface area contributed by atoms with Crippen LogP contribution in [-0.4, -0.2) is 19.6 Å². The molecular formula is C13H13ClN4S. The Bertz CT molecular complexity index is 776. The van der Waals surface area contributed by atoms with Gasteiger partial charge in [-0.2, -0.15) is 0 Å². The summed E-state index contributed by atoms with van der Waals surface area (Å²) in [4.78, 5) is 7.12.